The van der Waals surface area contributed by atoms with Crippen molar-refractivity contribution in [2.45, 2.75) is 18.9 Å². The molecule has 1 fully saturated rings. The number of hydrogen-bond donors (Lipinski definition) is 2. The third kappa shape index (κ3) is 1.56. The second-order valence-electron chi connectivity index (χ2n) is 5.05. The molecule has 0 radical (unpaired) electrons. The molecule has 0 bridgehead atoms. The highest BCUT2D eigenvalue weighted by Gasteiger charge is 2.30. The summed E-state index contributed by atoms with van der Waals surface area (Å²) in [4.78, 5) is 8.93. The van der Waals surface area contributed by atoms with Gasteiger partial charge < -0.3 is 14.8 Å². The van der Waals surface area contributed by atoms with Crippen LogP contribution in [0.2, 0.25) is 0 Å². The Bertz CT molecular complexity index is 786. The number of aromatic nitrogens is 3. The summed E-state index contributed by atoms with van der Waals surface area (Å²) in [6.45, 7) is 0. The van der Waals surface area contributed by atoms with Crippen molar-refractivity contribution >= 4 is 11.2 Å². The van der Waals surface area contributed by atoms with Crippen LogP contribution in [0.15, 0.2) is 36.5 Å². The van der Waals surface area contributed by atoms with Crippen LogP contribution in [0.3, 0.4) is 0 Å². The van der Waals surface area contributed by atoms with Gasteiger partial charge in [-0.25, -0.2) is 9.97 Å². The van der Waals surface area contributed by atoms with E-state index in [9.17, 15) is 10.2 Å². The highest BCUT2D eigenvalue weighted by Crippen LogP contribution is 2.44. The van der Waals surface area contributed by atoms with E-state index < -0.39 is 0 Å². The van der Waals surface area contributed by atoms with Gasteiger partial charge in [0.15, 0.2) is 5.65 Å². The summed E-state index contributed by atoms with van der Waals surface area (Å²) in [5, 5.41) is 20.1. The predicted molar refractivity (Wildman–Crippen MR) is 74.6 cm³/mol. The number of benzene rings is 1. The standard InChI is InChI=1S/C15H13N3O2/c19-11-4-1-5-12(20)13(11)15-17-10-3-2-8-16-14(10)18(15)9-6-7-9/h1-5,8-9,19-20H,6-7H2. The first-order valence-corrected chi connectivity index (χ1v) is 6.60. The van der Waals surface area contributed by atoms with Crippen molar-refractivity contribution in [2.24, 2.45) is 0 Å². The summed E-state index contributed by atoms with van der Waals surface area (Å²) in [5.41, 5.74) is 1.95. The fourth-order valence-corrected chi connectivity index (χ4v) is 2.54. The molecular weight excluding hydrogens is 254 g/mol. The molecule has 1 aliphatic rings. The van der Waals surface area contributed by atoms with Gasteiger partial charge in [-0.3, -0.25) is 0 Å². The Labute approximate surface area is 115 Å². The van der Waals surface area contributed by atoms with Gasteiger partial charge in [0.25, 0.3) is 0 Å². The van der Waals surface area contributed by atoms with Crippen molar-refractivity contribution in [1.82, 2.24) is 14.5 Å². The van der Waals surface area contributed by atoms with Gasteiger partial charge in [-0.1, -0.05) is 6.07 Å². The zero-order chi connectivity index (χ0) is 13.7. The lowest BCUT2D eigenvalue weighted by Gasteiger charge is -2.09. The van der Waals surface area contributed by atoms with Crippen LogP contribution in [0, 0.1) is 0 Å². The molecule has 0 aliphatic heterocycles. The summed E-state index contributed by atoms with van der Waals surface area (Å²) in [5.74, 6) is 0.640. The van der Waals surface area contributed by atoms with Crippen LogP contribution in [0.1, 0.15) is 18.9 Å². The van der Waals surface area contributed by atoms with Crippen molar-refractivity contribution in [2.75, 3.05) is 0 Å². The Hall–Kier alpha value is -2.56. The molecular formula is C15H13N3O2. The fourth-order valence-electron chi connectivity index (χ4n) is 2.54. The second kappa shape index (κ2) is 3.96. The Morgan fingerprint density at radius 1 is 1.05 bits per heavy atom. The van der Waals surface area contributed by atoms with Crippen molar-refractivity contribution in [3.8, 4) is 22.9 Å². The highest BCUT2D eigenvalue weighted by molar-refractivity contribution is 5.81. The van der Waals surface area contributed by atoms with E-state index in [-0.39, 0.29) is 11.5 Å². The van der Waals surface area contributed by atoms with E-state index in [1.807, 2.05) is 16.7 Å². The first kappa shape index (κ1) is 11.3. The molecule has 0 saturated heterocycles. The zero-order valence-electron chi connectivity index (χ0n) is 10.7. The van der Waals surface area contributed by atoms with Gasteiger partial charge in [0.2, 0.25) is 0 Å². The maximum absolute atomic E-state index is 10.1. The Morgan fingerprint density at radius 3 is 2.50 bits per heavy atom. The number of phenolic OH excluding ortho intramolecular Hbond substituents is 2. The van der Waals surface area contributed by atoms with Crippen LogP contribution in [-0.2, 0) is 0 Å². The van der Waals surface area contributed by atoms with Crippen LogP contribution in [0.5, 0.6) is 11.5 Å². The van der Waals surface area contributed by atoms with Crippen LogP contribution in [-0.4, -0.2) is 24.7 Å². The van der Waals surface area contributed by atoms with Crippen LogP contribution in [0.4, 0.5) is 0 Å². The molecule has 100 valence electrons. The number of pyridine rings is 1. The molecule has 0 unspecified atom stereocenters. The van der Waals surface area contributed by atoms with Gasteiger partial charge in [-0.15, -0.1) is 0 Å². The Balaban J connectivity index is 2.07. The summed E-state index contributed by atoms with van der Waals surface area (Å²) >= 11 is 0. The minimum atomic E-state index is 0.0298. The normalized spacial score (nSPS) is 14.8. The average Bonchev–Trinajstić information content (AvgIpc) is 3.19. The number of fused-ring (bicyclic) bond motifs is 1. The largest absolute Gasteiger partial charge is 0.507 e. The molecule has 20 heavy (non-hydrogen) atoms. The van der Waals surface area contributed by atoms with E-state index >= 15 is 0 Å². The van der Waals surface area contributed by atoms with Crippen molar-refractivity contribution in [3.05, 3.63) is 36.5 Å². The van der Waals surface area contributed by atoms with Gasteiger partial charge in [0.1, 0.15) is 28.4 Å². The first-order chi connectivity index (χ1) is 9.75. The third-order valence-electron chi connectivity index (χ3n) is 3.60. The minimum Gasteiger partial charge on any atom is -0.507 e. The highest BCUT2D eigenvalue weighted by atomic mass is 16.3. The number of hydrogen-bond acceptors (Lipinski definition) is 4. The van der Waals surface area contributed by atoms with Gasteiger partial charge in [-0.2, -0.15) is 0 Å². The quantitative estimate of drug-likeness (QED) is 0.749. The van der Waals surface area contributed by atoms with Gasteiger partial charge >= 0.3 is 0 Å². The van der Waals surface area contributed by atoms with E-state index in [1.54, 1.807) is 24.4 Å². The van der Waals surface area contributed by atoms with E-state index in [0.29, 0.717) is 17.4 Å². The maximum atomic E-state index is 10.1. The molecule has 1 saturated carbocycles. The molecule has 5 nitrogen and oxygen atoms in total. The fraction of sp³-hybridized carbons (Fsp3) is 0.200. The lowest BCUT2D eigenvalue weighted by molar-refractivity contribution is 0.453. The zero-order valence-corrected chi connectivity index (χ0v) is 10.7. The smallest absolute Gasteiger partial charge is 0.160 e. The molecule has 0 amide bonds. The van der Waals surface area contributed by atoms with Crippen molar-refractivity contribution in [3.63, 3.8) is 0 Å². The molecule has 1 aromatic carbocycles. The number of rotatable bonds is 2. The van der Waals surface area contributed by atoms with Crippen LogP contribution in [0.25, 0.3) is 22.6 Å². The summed E-state index contributed by atoms with van der Waals surface area (Å²) in [7, 11) is 0. The molecule has 3 aromatic rings. The van der Waals surface area contributed by atoms with Gasteiger partial charge in [-0.05, 0) is 37.1 Å². The molecule has 2 N–H and O–H groups in total. The van der Waals surface area contributed by atoms with Crippen LogP contribution < -0.4 is 0 Å². The van der Waals surface area contributed by atoms with Crippen molar-refractivity contribution in [1.29, 1.82) is 0 Å². The lowest BCUT2D eigenvalue weighted by Crippen LogP contribution is -1.99. The molecule has 0 spiro atoms. The number of nitrogens with zero attached hydrogens (tertiary/aromatic N) is 3. The molecule has 1 aliphatic carbocycles. The second-order valence-corrected chi connectivity index (χ2v) is 5.05. The number of imidazole rings is 1. The van der Waals surface area contributed by atoms with Crippen LogP contribution >= 0.6 is 0 Å². The monoisotopic (exact) mass is 267 g/mol. The predicted octanol–water partition coefficient (Wildman–Crippen LogP) is 2.84. The third-order valence-corrected chi connectivity index (χ3v) is 3.60. The molecule has 5 heteroatoms. The molecule has 2 aromatic heterocycles. The maximum Gasteiger partial charge on any atom is 0.160 e. The first-order valence-electron chi connectivity index (χ1n) is 6.60. The summed E-state index contributed by atoms with van der Waals surface area (Å²) in [6, 6.07) is 8.79. The molecule has 0 atom stereocenters. The Kier molecular flexibility index (Phi) is 2.24. The Morgan fingerprint density at radius 2 is 1.80 bits per heavy atom. The minimum absolute atomic E-state index is 0.0298. The van der Waals surface area contributed by atoms with E-state index in [2.05, 4.69) is 9.97 Å². The molecule has 2 heterocycles. The van der Waals surface area contributed by atoms with Crippen molar-refractivity contribution < 1.29 is 10.2 Å². The summed E-state index contributed by atoms with van der Waals surface area (Å²) in [6.07, 6.45) is 3.88. The summed E-state index contributed by atoms with van der Waals surface area (Å²) < 4.78 is 2.02. The molecule has 4 rings (SSSR count). The van der Waals surface area contributed by atoms with E-state index in [4.69, 9.17) is 0 Å². The van der Waals surface area contributed by atoms with E-state index in [0.717, 1.165) is 24.0 Å². The number of phenols is 2. The van der Waals surface area contributed by atoms with Gasteiger partial charge in [0.05, 0.1) is 0 Å². The lowest BCUT2D eigenvalue weighted by atomic mass is 10.1. The van der Waals surface area contributed by atoms with Gasteiger partial charge in [0, 0.05) is 12.2 Å². The van der Waals surface area contributed by atoms with E-state index in [1.165, 1.54) is 0 Å². The SMILES string of the molecule is Oc1cccc(O)c1-c1nc2cccnc2n1C1CC1. The average molecular weight is 267 g/mol. The number of aromatic hydroxyl groups is 2. The topological polar surface area (TPSA) is 71.2 Å².